The zero-order valence-electron chi connectivity index (χ0n) is 8.64. The average Bonchev–Trinajstić information content (AvgIpc) is 2.29. The van der Waals surface area contributed by atoms with Crippen LogP contribution in [-0.4, -0.2) is 22.8 Å². The first kappa shape index (κ1) is 12.3. The molecule has 16 heavy (non-hydrogen) atoms. The summed E-state index contributed by atoms with van der Waals surface area (Å²) in [6, 6.07) is 2.76. The van der Waals surface area contributed by atoms with Crippen molar-refractivity contribution < 1.29 is 9.66 Å². The summed E-state index contributed by atoms with van der Waals surface area (Å²) in [5.74, 6) is 6.30. The van der Waals surface area contributed by atoms with Gasteiger partial charge in [-0.2, -0.15) is 17.6 Å². The molecule has 0 radical (unpaired) electrons. The van der Waals surface area contributed by atoms with Gasteiger partial charge >= 0.3 is 5.69 Å². The molecule has 1 aromatic rings. The first-order valence-corrected chi connectivity index (χ1v) is 5.11. The lowest BCUT2D eigenvalue weighted by atomic mass is 10.3. The molecular weight excluding hydrogens is 228 g/mol. The standard InChI is InChI=1S/C10H10N2O3S/c1-15-10-6-5-9(12(13)14)8(11-10)4-2-3-7-16/h5-6,16H,3,7H2,1H3. The second-order valence-electron chi connectivity index (χ2n) is 2.75. The Morgan fingerprint density at radius 3 is 2.94 bits per heavy atom. The second kappa shape index (κ2) is 5.98. The van der Waals surface area contributed by atoms with E-state index in [9.17, 15) is 10.1 Å². The van der Waals surface area contributed by atoms with E-state index in [4.69, 9.17) is 4.74 Å². The lowest BCUT2D eigenvalue weighted by molar-refractivity contribution is -0.385. The zero-order valence-corrected chi connectivity index (χ0v) is 9.53. The van der Waals surface area contributed by atoms with Crippen molar-refractivity contribution in [2.45, 2.75) is 6.42 Å². The highest BCUT2D eigenvalue weighted by molar-refractivity contribution is 7.80. The normalized spacial score (nSPS) is 9.12. The molecule has 0 N–H and O–H groups in total. The van der Waals surface area contributed by atoms with Gasteiger partial charge in [-0.1, -0.05) is 5.92 Å². The number of nitro groups is 1. The Hall–Kier alpha value is -1.74. The fourth-order valence-electron chi connectivity index (χ4n) is 0.989. The Kier molecular flexibility index (Phi) is 4.61. The molecule has 84 valence electrons. The number of methoxy groups -OCH3 is 1. The van der Waals surface area contributed by atoms with E-state index in [2.05, 4.69) is 29.5 Å². The molecule has 6 heteroatoms. The topological polar surface area (TPSA) is 65.3 Å². The molecule has 0 saturated carbocycles. The van der Waals surface area contributed by atoms with Crippen LogP contribution in [0.5, 0.6) is 5.88 Å². The van der Waals surface area contributed by atoms with Crippen LogP contribution in [0.25, 0.3) is 0 Å². The second-order valence-corrected chi connectivity index (χ2v) is 3.20. The molecule has 0 aliphatic rings. The van der Waals surface area contributed by atoms with Crippen molar-refractivity contribution in [2.75, 3.05) is 12.9 Å². The number of rotatable bonds is 3. The third-order valence-corrected chi connectivity index (χ3v) is 1.92. The first-order valence-electron chi connectivity index (χ1n) is 4.48. The molecule has 0 saturated heterocycles. The molecule has 0 bridgehead atoms. The van der Waals surface area contributed by atoms with Crippen molar-refractivity contribution in [3.8, 4) is 17.7 Å². The predicted molar refractivity (Wildman–Crippen MR) is 62.8 cm³/mol. The van der Waals surface area contributed by atoms with Gasteiger partial charge in [-0.15, -0.1) is 0 Å². The van der Waals surface area contributed by atoms with Gasteiger partial charge in [0.15, 0.2) is 5.69 Å². The van der Waals surface area contributed by atoms with E-state index >= 15 is 0 Å². The van der Waals surface area contributed by atoms with Crippen LogP contribution < -0.4 is 4.74 Å². The minimum absolute atomic E-state index is 0.117. The van der Waals surface area contributed by atoms with Gasteiger partial charge in [-0.05, 0) is 5.92 Å². The van der Waals surface area contributed by atoms with Gasteiger partial charge in [-0.3, -0.25) is 10.1 Å². The Labute approximate surface area is 98.4 Å². The maximum atomic E-state index is 10.7. The minimum Gasteiger partial charge on any atom is -0.481 e. The molecule has 0 aliphatic carbocycles. The minimum atomic E-state index is -0.517. The van der Waals surface area contributed by atoms with Crippen LogP contribution in [0.2, 0.25) is 0 Å². The molecule has 5 nitrogen and oxygen atoms in total. The molecule has 0 fully saturated rings. The number of thiol groups is 1. The monoisotopic (exact) mass is 238 g/mol. The summed E-state index contributed by atoms with van der Waals surface area (Å²) in [4.78, 5) is 14.1. The van der Waals surface area contributed by atoms with Crippen LogP contribution in [0.3, 0.4) is 0 Å². The van der Waals surface area contributed by atoms with Crippen molar-refractivity contribution in [3.63, 3.8) is 0 Å². The van der Waals surface area contributed by atoms with E-state index in [-0.39, 0.29) is 11.4 Å². The highest BCUT2D eigenvalue weighted by Gasteiger charge is 2.14. The Morgan fingerprint density at radius 1 is 1.62 bits per heavy atom. The van der Waals surface area contributed by atoms with E-state index in [0.29, 0.717) is 18.1 Å². The number of aromatic nitrogens is 1. The lowest BCUT2D eigenvalue weighted by Crippen LogP contribution is -1.97. The first-order chi connectivity index (χ1) is 7.69. The van der Waals surface area contributed by atoms with Crippen LogP contribution in [0, 0.1) is 22.0 Å². The van der Waals surface area contributed by atoms with E-state index in [1.807, 2.05) is 0 Å². The van der Waals surface area contributed by atoms with Crippen LogP contribution in [0.1, 0.15) is 12.1 Å². The molecule has 1 heterocycles. The van der Waals surface area contributed by atoms with Crippen LogP contribution in [0.15, 0.2) is 12.1 Å². The van der Waals surface area contributed by atoms with E-state index in [1.165, 1.54) is 19.2 Å². The summed E-state index contributed by atoms with van der Waals surface area (Å²) in [7, 11) is 1.44. The summed E-state index contributed by atoms with van der Waals surface area (Å²) >= 11 is 3.99. The third kappa shape index (κ3) is 3.14. The third-order valence-electron chi connectivity index (χ3n) is 1.70. The van der Waals surface area contributed by atoms with Gasteiger partial charge in [-0.25, -0.2) is 0 Å². The highest BCUT2D eigenvalue weighted by Crippen LogP contribution is 2.18. The maximum absolute atomic E-state index is 10.7. The fraction of sp³-hybridized carbons (Fsp3) is 0.300. The van der Waals surface area contributed by atoms with Gasteiger partial charge in [0, 0.05) is 24.3 Å². The zero-order chi connectivity index (χ0) is 12.0. The number of hydrogen-bond donors (Lipinski definition) is 1. The van der Waals surface area contributed by atoms with Crippen molar-refractivity contribution in [3.05, 3.63) is 27.9 Å². The number of pyridine rings is 1. The van der Waals surface area contributed by atoms with Crippen molar-refractivity contribution in [1.82, 2.24) is 4.98 Å². The smallest absolute Gasteiger partial charge is 0.303 e. The summed E-state index contributed by atoms with van der Waals surface area (Å²) in [6.45, 7) is 0. The lowest BCUT2D eigenvalue weighted by Gasteiger charge is -1.99. The van der Waals surface area contributed by atoms with Crippen LogP contribution >= 0.6 is 12.6 Å². The molecule has 0 unspecified atom stereocenters. The van der Waals surface area contributed by atoms with Gasteiger partial charge in [0.05, 0.1) is 12.0 Å². The van der Waals surface area contributed by atoms with Gasteiger partial charge in [0.1, 0.15) is 0 Å². The van der Waals surface area contributed by atoms with Gasteiger partial charge < -0.3 is 4.74 Å². The molecule has 0 atom stereocenters. The van der Waals surface area contributed by atoms with Crippen molar-refractivity contribution in [2.24, 2.45) is 0 Å². The summed E-state index contributed by atoms with van der Waals surface area (Å²) in [5.41, 5.74) is -0.00130. The molecule has 1 aromatic heterocycles. The van der Waals surface area contributed by atoms with E-state index in [1.54, 1.807) is 0 Å². The molecule has 0 aliphatic heterocycles. The summed E-state index contributed by atoms with van der Waals surface area (Å²) in [5, 5.41) is 10.7. The largest absolute Gasteiger partial charge is 0.481 e. The molecule has 0 amide bonds. The van der Waals surface area contributed by atoms with Crippen molar-refractivity contribution >= 4 is 18.3 Å². The average molecular weight is 238 g/mol. The number of ether oxygens (including phenoxy) is 1. The maximum Gasteiger partial charge on any atom is 0.303 e. The summed E-state index contributed by atoms with van der Waals surface area (Å²) < 4.78 is 4.88. The Morgan fingerprint density at radius 2 is 2.38 bits per heavy atom. The van der Waals surface area contributed by atoms with E-state index < -0.39 is 4.92 Å². The van der Waals surface area contributed by atoms with E-state index in [0.717, 1.165) is 0 Å². The van der Waals surface area contributed by atoms with Crippen LogP contribution in [-0.2, 0) is 0 Å². The highest BCUT2D eigenvalue weighted by atomic mass is 32.1. The van der Waals surface area contributed by atoms with Gasteiger partial charge in [0.2, 0.25) is 5.88 Å². The quantitative estimate of drug-likeness (QED) is 0.376. The number of hydrogen-bond acceptors (Lipinski definition) is 5. The van der Waals surface area contributed by atoms with Crippen LogP contribution in [0.4, 0.5) is 5.69 Å². The summed E-state index contributed by atoms with van der Waals surface area (Å²) in [6.07, 6.45) is 0.555. The van der Waals surface area contributed by atoms with Gasteiger partial charge in [0.25, 0.3) is 0 Å². The Bertz CT molecular complexity index is 451. The molecule has 0 spiro atoms. The number of nitrogens with zero attached hydrogens (tertiary/aromatic N) is 2. The molecule has 0 aromatic carbocycles. The molecular formula is C10H10N2O3S. The fourth-order valence-corrected chi connectivity index (χ4v) is 1.10. The van der Waals surface area contributed by atoms with Crippen molar-refractivity contribution in [1.29, 1.82) is 0 Å². The predicted octanol–water partition coefficient (Wildman–Crippen LogP) is 1.67. The Balaban J connectivity index is 3.11. The SMILES string of the molecule is COc1ccc([N+](=O)[O-])c(C#CCCS)n1. The molecule has 1 rings (SSSR count).